The van der Waals surface area contributed by atoms with Gasteiger partial charge in [-0.3, -0.25) is 9.59 Å². The number of hydrogen-bond acceptors (Lipinski definition) is 4. The van der Waals surface area contributed by atoms with Crippen molar-refractivity contribution < 1.29 is 19.1 Å². The lowest BCUT2D eigenvalue weighted by atomic mass is 9.82. The summed E-state index contributed by atoms with van der Waals surface area (Å²) in [5, 5.41) is 0. The third-order valence-electron chi connectivity index (χ3n) is 2.80. The Morgan fingerprint density at radius 1 is 0.846 bits per heavy atom. The molecule has 2 heterocycles. The predicted molar refractivity (Wildman–Crippen MR) is 42.5 cm³/mol. The summed E-state index contributed by atoms with van der Waals surface area (Å²) in [6.07, 6.45) is 3.05. The molecule has 0 atom stereocenters. The van der Waals surface area contributed by atoms with Crippen LogP contribution in [0.4, 0.5) is 0 Å². The summed E-state index contributed by atoms with van der Waals surface area (Å²) >= 11 is 0. The first-order valence-corrected chi connectivity index (χ1v) is 4.60. The summed E-state index contributed by atoms with van der Waals surface area (Å²) in [7, 11) is 0. The summed E-state index contributed by atoms with van der Waals surface area (Å²) in [6, 6.07) is 0. The Kier molecular flexibility index (Phi) is 2.20. The zero-order valence-corrected chi connectivity index (χ0v) is 7.32. The second-order valence-corrected chi connectivity index (χ2v) is 3.59. The Bertz CT molecular complexity index is 204. The van der Waals surface area contributed by atoms with Crippen molar-refractivity contribution in [1.82, 2.24) is 0 Å². The van der Waals surface area contributed by atoms with E-state index >= 15 is 0 Å². The highest BCUT2D eigenvalue weighted by Gasteiger charge is 2.33. The molecule has 3 aliphatic rings. The average molecular weight is 184 g/mol. The summed E-state index contributed by atoms with van der Waals surface area (Å²) < 4.78 is 9.56. The molecule has 13 heavy (non-hydrogen) atoms. The van der Waals surface area contributed by atoms with E-state index in [1.165, 1.54) is 0 Å². The second kappa shape index (κ2) is 3.36. The lowest BCUT2D eigenvalue weighted by Crippen LogP contribution is -2.24. The van der Waals surface area contributed by atoms with E-state index in [1.54, 1.807) is 0 Å². The molecule has 1 saturated carbocycles. The minimum absolute atomic E-state index is 0.00856. The predicted octanol–water partition coefficient (Wildman–Crippen LogP) is 0.850. The Hall–Kier alpha value is -1.06. The number of carbonyl (C=O) groups excluding carboxylic acids is 2. The topological polar surface area (TPSA) is 52.6 Å². The van der Waals surface area contributed by atoms with Gasteiger partial charge in [-0.15, -0.1) is 0 Å². The Balaban J connectivity index is 2.11. The van der Waals surface area contributed by atoms with Gasteiger partial charge < -0.3 is 9.47 Å². The summed E-state index contributed by atoms with van der Waals surface area (Å²) in [4.78, 5) is 22.5. The van der Waals surface area contributed by atoms with E-state index in [2.05, 4.69) is 0 Å². The zero-order valence-electron chi connectivity index (χ0n) is 7.32. The van der Waals surface area contributed by atoms with Crippen LogP contribution in [0.2, 0.25) is 0 Å². The minimum atomic E-state index is -0.215. The highest BCUT2D eigenvalue weighted by Crippen LogP contribution is 2.31. The van der Waals surface area contributed by atoms with Crippen molar-refractivity contribution in [1.29, 1.82) is 0 Å². The van der Waals surface area contributed by atoms with E-state index in [9.17, 15) is 9.59 Å². The number of esters is 2. The molecule has 0 spiro atoms. The van der Waals surface area contributed by atoms with Crippen LogP contribution in [0.1, 0.15) is 25.7 Å². The van der Waals surface area contributed by atoms with E-state index in [-0.39, 0.29) is 30.6 Å². The van der Waals surface area contributed by atoms with E-state index in [1.807, 2.05) is 0 Å². The minimum Gasteiger partial charge on any atom is -0.428 e. The van der Waals surface area contributed by atoms with Crippen molar-refractivity contribution in [2.75, 3.05) is 6.79 Å². The van der Waals surface area contributed by atoms with Crippen molar-refractivity contribution in [2.24, 2.45) is 11.8 Å². The van der Waals surface area contributed by atoms with Crippen LogP contribution in [0.25, 0.3) is 0 Å². The molecule has 2 saturated heterocycles. The third-order valence-corrected chi connectivity index (χ3v) is 2.80. The van der Waals surface area contributed by atoms with E-state index in [0.29, 0.717) is 0 Å². The smallest absolute Gasteiger partial charge is 0.311 e. The van der Waals surface area contributed by atoms with Crippen LogP contribution in [0.5, 0.6) is 0 Å². The molecule has 0 aromatic heterocycles. The fraction of sp³-hybridized carbons (Fsp3) is 0.778. The average Bonchev–Trinajstić information content (AvgIpc) is 2.25. The van der Waals surface area contributed by atoms with Gasteiger partial charge in [-0.1, -0.05) is 0 Å². The van der Waals surface area contributed by atoms with Gasteiger partial charge in [0.1, 0.15) is 0 Å². The molecular weight excluding hydrogens is 172 g/mol. The van der Waals surface area contributed by atoms with E-state index in [0.717, 1.165) is 25.7 Å². The number of hydrogen-bond donors (Lipinski definition) is 0. The van der Waals surface area contributed by atoms with Crippen LogP contribution < -0.4 is 0 Å². The van der Waals surface area contributed by atoms with E-state index < -0.39 is 0 Å². The van der Waals surface area contributed by atoms with Gasteiger partial charge in [-0.25, -0.2) is 0 Å². The van der Waals surface area contributed by atoms with Crippen LogP contribution >= 0.6 is 0 Å². The molecule has 2 aliphatic heterocycles. The van der Waals surface area contributed by atoms with Gasteiger partial charge in [0.2, 0.25) is 6.79 Å². The molecule has 0 aromatic rings. The molecule has 0 amide bonds. The monoisotopic (exact) mass is 184 g/mol. The molecule has 3 rings (SSSR count). The van der Waals surface area contributed by atoms with Crippen LogP contribution in [0, 0.1) is 11.8 Å². The number of carbonyl (C=O) groups is 2. The van der Waals surface area contributed by atoms with Gasteiger partial charge in [0.05, 0.1) is 11.8 Å². The van der Waals surface area contributed by atoms with Crippen LogP contribution in [0.15, 0.2) is 0 Å². The van der Waals surface area contributed by atoms with Crippen molar-refractivity contribution in [3.8, 4) is 0 Å². The molecule has 0 N–H and O–H groups in total. The lowest BCUT2D eigenvalue weighted by molar-refractivity contribution is -0.168. The first-order chi connectivity index (χ1) is 6.27. The van der Waals surface area contributed by atoms with Crippen LogP contribution in [-0.2, 0) is 19.1 Å². The molecule has 0 aromatic carbocycles. The van der Waals surface area contributed by atoms with Gasteiger partial charge in [0.25, 0.3) is 0 Å². The first kappa shape index (κ1) is 8.53. The molecular formula is C9H12O4. The molecule has 2 bridgehead atoms. The normalized spacial score (nSPS) is 34.2. The molecule has 72 valence electrons. The maximum absolute atomic E-state index is 11.3. The maximum atomic E-state index is 11.3. The summed E-state index contributed by atoms with van der Waals surface area (Å²) in [6.45, 7) is -0.204. The zero-order chi connectivity index (χ0) is 9.26. The van der Waals surface area contributed by atoms with Crippen molar-refractivity contribution in [3.05, 3.63) is 0 Å². The molecule has 3 fully saturated rings. The second-order valence-electron chi connectivity index (χ2n) is 3.59. The Labute approximate surface area is 76.2 Å². The molecule has 0 radical (unpaired) electrons. The summed E-state index contributed by atoms with van der Waals surface area (Å²) in [5.41, 5.74) is 0. The van der Waals surface area contributed by atoms with Gasteiger partial charge in [0.15, 0.2) is 0 Å². The SMILES string of the molecule is O=C1OCOC(=O)[C@H]2CC[C@H]1CC2. The first-order valence-electron chi connectivity index (χ1n) is 4.60. The van der Waals surface area contributed by atoms with Gasteiger partial charge >= 0.3 is 11.9 Å². The summed E-state index contributed by atoms with van der Waals surface area (Å²) in [5.74, 6) is -0.446. The lowest BCUT2D eigenvalue weighted by Gasteiger charge is -2.22. The number of ether oxygens (including phenoxy) is 2. The van der Waals surface area contributed by atoms with Crippen molar-refractivity contribution in [2.45, 2.75) is 25.7 Å². The molecule has 1 aliphatic carbocycles. The van der Waals surface area contributed by atoms with Gasteiger partial charge in [-0.05, 0) is 25.7 Å². The maximum Gasteiger partial charge on any atom is 0.311 e. The molecule has 0 unspecified atom stereocenters. The highest BCUT2D eigenvalue weighted by molar-refractivity contribution is 5.76. The largest absolute Gasteiger partial charge is 0.428 e. The van der Waals surface area contributed by atoms with Crippen molar-refractivity contribution in [3.63, 3.8) is 0 Å². The van der Waals surface area contributed by atoms with Crippen LogP contribution in [-0.4, -0.2) is 18.7 Å². The van der Waals surface area contributed by atoms with E-state index in [4.69, 9.17) is 9.47 Å². The molecule has 4 heteroatoms. The van der Waals surface area contributed by atoms with Gasteiger partial charge in [0, 0.05) is 0 Å². The standard InChI is InChI=1S/C9H12O4/c10-8-6-1-2-7(4-3-6)9(11)13-5-12-8/h6-7H,1-5H2/t6-,7-. The van der Waals surface area contributed by atoms with Gasteiger partial charge in [-0.2, -0.15) is 0 Å². The quantitative estimate of drug-likeness (QED) is 0.524. The highest BCUT2D eigenvalue weighted by atomic mass is 16.7. The number of fused-ring (bicyclic) bond motifs is 6. The number of rotatable bonds is 0. The Morgan fingerprint density at radius 3 is 1.62 bits per heavy atom. The fourth-order valence-corrected chi connectivity index (χ4v) is 1.95. The van der Waals surface area contributed by atoms with Crippen LogP contribution in [0.3, 0.4) is 0 Å². The Morgan fingerprint density at radius 2 is 1.23 bits per heavy atom. The molecule has 4 nitrogen and oxygen atoms in total. The van der Waals surface area contributed by atoms with Crippen molar-refractivity contribution >= 4 is 11.9 Å². The third kappa shape index (κ3) is 1.66. The fourth-order valence-electron chi connectivity index (χ4n) is 1.95.